The lowest BCUT2D eigenvalue weighted by Gasteiger charge is -2.47. The van der Waals surface area contributed by atoms with Gasteiger partial charge in [-0.3, -0.25) is 0 Å². The van der Waals surface area contributed by atoms with E-state index >= 15 is 0 Å². The van der Waals surface area contributed by atoms with Crippen molar-refractivity contribution in [3.63, 3.8) is 0 Å². The Balaban J connectivity index is 2.10. The summed E-state index contributed by atoms with van der Waals surface area (Å²) in [5.74, 6) is 1.14. The summed E-state index contributed by atoms with van der Waals surface area (Å²) in [6.07, 6.45) is 8.17. The SMILES string of the molecule is C[Si](C)(C)OC1(C2=CCCCO2)CCC1. The van der Waals surface area contributed by atoms with Crippen LogP contribution in [-0.4, -0.2) is 20.5 Å². The maximum atomic E-state index is 6.35. The van der Waals surface area contributed by atoms with Gasteiger partial charge in [0, 0.05) is 0 Å². The van der Waals surface area contributed by atoms with Crippen molar-refractivity contribution >= 4 is 8.32 Å². The van der Waals surface area contributed by atoms with Gasteiger partial charge in [0.25, 0.3) is 0 Å². The van der Waals surface area contributed by atoms with Gasteiger partial charge in [0.15, 0.2) is 8.32 Å². The van der Waals surface area contributed by atoms with Gasteiger partial charge >= 0.3 is 0 Å². The first-order valence-electron chi connectivity index (χ1n) is 6.06. The Labute approximate surface area is 93.8 Å². The van der Waals surface area contributed by atoms with E-state index in [-0.39, 0.29) is 5.60 Å². The Kier molecular flexibility index (Phi) is 2.95. The molecule has 1 saturated carbocycles. The van der Waals surface area contributed by atoms with E-state index in [9.17, 15) is 0 Å². The van der Waals surface area contributed by atoms with E-state index in [1.165, 1.54) is 6.42 Å². The normalized spacial score (nSPS) is 25.1. The predicted octanol–water partition coefficient (Wildman–Crippen LogP) is 3.45. The van der Waals surface area contributed by atoms with E-state index in [4.69, 9.17) is 9.16 Å². The number of allylic oxidation sites excluding steroid dienone is 1. The molecule has 3 heteroatoms. The fourth-order valence-corrected chi connectivity index (χ4v) is 3.83. The van der Waals surface area contributed by atoms with Gasteiger partial charge in [-0.05, 0) is 57.8 Å². The van der Waals surface area contributed by atoms with Crippen LogP contribution < -0.4 is 0 Å². The molecule has 1 aliphatic heterocycles. The zero-order valence-electron chi connectivity index (χ0n) is 10.1. The third kappa shape index (κ3) is 2.45. The highest BCUT2D eigenvalue weighted by molar-refractivity contribution is 6.69. The van der Waals surface area contributed by atoms with Crippen molar-refractivity contribution < 1.29 is 9.16 Å². The zero-order chi connectivity index (χ0) is 10.9. The summed E-state index contributed by atoms with van der Waals surface area (Å²) in [6.45, 7) is 7.66. The van der Waals surface area contributed by atoms with Crippen molar-refractivity contribution in [3.05, 3.63) is 11.8 Å². The minimum Gasteiger partial charge on any atom is -0.495 e. The van der Waals surface area contributed by atoms with Crippen LogP contribution >= 0.6 is 0 Å². The first-order valence-corrected chi connectivity index (χ1v) is 9.46. The van der Waals surface area contributed by atoms with Gasteiger partial charge in [0.2, 0.25) is 0 Å². The summed E-state index contributed by atoms with van der Waals surface area (Å²) in [6, 6.07) is 0. The second-order valence-corrected chi connectivity index (χ2v) is 10.1. The van der Waals surface area contributed by atoms with Crippen molar-refractivity contribution in [2.45, 2.75) is 57.3 Å². The lowest BCUT2D eigenvalue weighted by atomic mass is 9.78. The Morgan fingerprint density at radius 1 is 1.27 bits per heavy atom. The third-order valence-electron chi connectivity index (χ3n) is 3.05. The number of ether oxygens (including phenoxy) is 1. The molecule has 0 aromatic rings. The maximum absolute atomic E-state index is 6.35. The molecule has 0 bridgehead atoms. The zero-order valence-corrected chi connectivity index (χ0v) is 11.1. The highest BCUT2D eigenvalue weighted by Gasteiger charge is 2.46. The molecular formula is C12H22O2Si. The van der Waals surface area contributed by atoms with Crippen LogP contribution in [-0.2, 0) is 9.16 Å². The molecule has 1 fully saturated rings. The molecule has 0 N–H and O–H groups in total. The topological polar surface area (TPSA) is 18.5 Å². The van der Waals surface area contributed by atoms with E-state index in [1.54, 1.807) is 0 Å². The van der Waals surface area contributed by atoms with E-state index in [1.807, 2.05) is 0 Å². The molecule has 0 aromatic carbocycles. The van der Waals surface area contributed by atoms with Gasteiger partial charge in [-0.2, -0.15) is 0 Å². The fourth-order valence-electron chi connectivity index (χ4n) is 2.36. The lowest BCUT2D eigenvalue weighted by molar-refractivity contribution is -0.0368. The van der Waals surface area contributed by atoms with Gasteiger partial charge < -0.3 is 9.16 Å². The first kappa shape index (κ1) is 11.2. The summed E-state index contributed by atoms with van der Waals surface area (Å²) in [5.41, 5.74) is -0.0229. The van der Waals surface area contributed by atoms with Crippen LogP contribution in [0.1, 0.15) is 32.1 Å². The summed E-state index contributed by atoms with van der Waals surface area (Å²) in [5, 5.41) is 0. The minimum atomic E-state index is -1.47. The molecule has 2 rings (SSSR count). The molecule has 0 unspecified atom stereocenters. The fraction of sp³-hybridized carbons (Fsp3) is 0.833. The molecule has 0 amide bonds. The number of hydrogen-bond acceptors (Lipinski definition) is 2. The van der Waals surface area contributed by atoms with Crippen molar-refractivity contribution in [2.75, 3.05) is 6.61 Å². The van der Waals surface area contributed by atoms with Crippen molar-refractivity contribution in [1.29, 1.82) is 0 Å². The Morgan fingerprint density at radius 2 is 2.00 bits per heavy atom. The average Bonchev–Trinajstić information content (AvgIpc) is 2.11. The standard InChI is InChI=1S/C12H22O2Si/c1-15(2,3)14-12(8-6-9-12)11-7-4-5-10-13-11/h7H,4-6,8-10H2,1-3H3. The summed E-state index contributed by atoms with van der Waals surface area (Å²) in [7, 11) is -1.47. The smallest absolute Gasteiger partial charge is 0.185 e. The molecular weight excluding hydrogens is 204 g/mol. The third-order valence-corrected chi connectivity index (χ3v) is 4.05. The Morgan fingerprint density at radius 3 is 2.40 bits per heavy atom. The van der Waals surface area contributed by atoms with Gasteiger partial charge in [-0.25, -0.2) is 0 Å². The minimum absolute atomic E-state index is 0.0229. The molecule has 0 radical (unpaired) electrons. The number of hydrogen-bond donors (Lipinski definition) is 0. The van der Waals surface area contributed by atoms with Crippen LogP contribution in [0.4, 0.5) is 0 Å². The lowest BCUT2D eigenvalue weighted by Crippen LogP contribution is -2.50. The Hall–Kier alpha value is -0.283. The average molecular weight is 226 g/mol. The molecule has 0 atom stereocenters. The number of rotatable bonds is 3. The summed E-state index contributed by atoms with van der Waals surface area (Å²) >= 11 is 0. The van der Waals surface area contributed by atoms with E-state index in [0.29, 0.717) is 0 Å². The molecule has 0 spiro atoms. The quantitative estimate of drug-likeness (QED) is 0.686. The van der Waals surface area contributed by atoms with Gasteiger partial charge in [0.05, 0.1) is 6.61 Å². The van der Waals surface area contributed by atoms with Gasteiger partial charge in [0.1, 0.15) is 11.4 Å². The van der Waals surface area contributed by atoms with Crippen LogP contribution in [0.2, 0.25) is 19.6 Å². The molecule has 2 aliphatic rings. The van der Waals surface area contributed by atoms with Gasteiger partial charge in [-0.15, -0.1) is 0 Å². The largest absolute Gasteiger partial charge is 0.495 e. The Bertz CT molecular complexity index is 261. The van der Waals surface area contributed by atoms with Crippen LogP contribution in [0.5, 0.6) is 0 Å². The molecule has 86 valence electrons. The van der Waals surface area contributed by atoms with Crippen molar-refractivity contribution in [2.24, 2.45) is 0 Å². The molecule has 1 heterocycles. The van der Waals surface area contributed by atoms with E-state index < -0.39 is 8.32 Å². The van der Waals surface area contributed by atoms with Crippen LogP contribution in [0.15, 0.2) is 11.8 Å². The van der Waals surface area contributed by atoms with Crippen molar-refractivity contribution in [1.82, 2.24) is 0 Å². The molecule has 0 saturated heterocycles. The van der Waals surface area contributed by atoms with E-state index in [2.05, 4.69) is 25.7 Å². The van der Waals surface area contributed by atoms with Crippen LogP contribution in [0, 0.1) is 0 Å². The predicted molar refractivity (Wildman–Crippen MR) is 64.3 cm³/mol. The monoisotopic (exact) mass is 226 g/mol. The highest BCUT2D eigenvalue weighted by atomic mass is 28.4. The molecule has 2 nitrogen and oxygen atoms in total. The van der Waals surface area contributed by atoms with Crippen LogP contribution in [0.25, 0.3) is 0 Å². The second kappa shape index (κ2) is 3.94. The summed E-state index contributed by atoms with van der Waals surface area (Å²) in [4.78, 5) is 0. The second-order valence-electron chi connectivity index (χ2n) is 5.62. The maximum Gasteiger partial charge on any atom is 0.185 e. The molecule has 0 aromatic heterocycles. The first-order chi connectivity index (χ1) is 7.02. The van der Waals surface area contributed by atoms with Crippen LogP contribution in [0.3, 0.4) is 0 Å². The van der Waals surface area contributed by atoms with E-state index in [0.717, 1.165) is 38.0 Å². The van der Waals surface area contributed by atoms with Gasteiger partial charge in [-0.1, -0.05) is 0 Å². The molecule has 1 aliphatic carbocycles. The van der Waals surface area contributed by atoms with Crippen molar-refractivity contribution in [3.8, 4) is 0 Å². The summed E-state index contributed by atoms with van der Waals surface area (Å²) < 4.78 is 12.1. The molecule has 15 heavy (non-hydrogen) atoms. The highest BCUT2D eigenvalue weighted by Crippen LogP contribution is 2.45.